The van der Waals surface area contributed by atoms with E-state index in [9.17, 15) is 13.9 Å². The number of aryl methyl sites for hydroxylation is 1. The second kappa shape index (κ2) is 6.35. The molecule has 0 amide bonds. The van der Waals surface area contributed by atoms with Crippen molar-refractivity contribution >= 4 is 0 Å². The molecular weight excluding hydrogens is 274 g/mol. The van der Waals surface area contributed by atoms with Crippen molar-refractivity contribution in [2.75, 3.05) is 0 Å². The van der Waals surface area contributed by atoms with Crippen LogP contribution in [0.1, 0.15) is 36.4 Å². The van der Waals surface area contributed by atoms with Gasteiger partial charge in [-0.15, -0.1) is 0 Å². The van der Waals surface area contributed by atoms with E-state index in [2.05, 4.69) is 5.10 Å². The molecule has 0 spiro atoms. The van der Waals surface area contributed by atoms with Gasteiger partial charge in [-0.1, -0.05) is 44.2 Å². The lowest BCUT2D eigenvalue weighted by Crippen LogP contribution is -2.23. The van der Waals surface area contributed by atoms with Crippen molar-refractivity contribution < 1.29 is 13.9 Å². The summed E-state index contributed by atoms with van der Waals surface area (Å²) in [6.45, 7) is 3.11. The van der Waals surface area contributed by atoms with Crippen LogP contribution < -0.4 is 0 Å². The van der Waals surface area contributed by atoms with E-state index >= 15 is 0 Å². The van der Waals surface area contributed by atoms with Crippen LogP contribution in [-0.2, 0) is 31.9 Å². The van der Waals surface area contributed by atoms with Gasteiger partial charge in [0.05, 0.1) is 12.3 Å². The lowest BCUT2D eigenvalue weighted by atomic mass is 10.1. The molecule has 1 N–H and O–H groups in total. The minimum absolute atomic E-state index is 0.0221. The molecule has 1 heterocycles. The van der Waals surface area contributed by atoms with Crippen LogP contribution in [-0.4, -0.2) is 14.9 Å². The van der Waals surface area contributed by atoms with Crippen LogP contribution in [0.3, 0.4) is 0 Å². The van der Waals surface area contributed by atoms with E-state index in [-0.39, 0.29) is 12.2 Å². The molecule has 0 unspecified atom stereocenters. The Morgan fingerprint density at radius 3 is 2.33 bits per heavy atom. The highest BCUT2D eigenvalue weighted by atomic mass is 19.3. The number of halogens is 2. The van der Waals surface area contributed by atoms with Crippen molar-refractivity contribution in [2.45, 2.75) is 45.8 Å². The first-order valence-electron chi connectivity index (χ1n) is 7.15. The molecule has 114 valence electrons. The Balaban J connectivity index is 2.37. The maximum atomic E-state index is 14.4. The predicted octanol–water partition coefficient (Wildman–Crippen LogP) is 3.29. The second-order valence-corrected chi connectivity index (χ2v) is 4.97. The van der Waals surface area contributed by atoms with Gasteiger partial charge in [0.1, 0.15) is 6.54 Å². The highest BCUT2D eigenvalue weighted by Gasteiger charge is 2.33. The minimum atomic E-state index is -2.99. The molecule has 2 rings (SSSR count). The van der Waals surface area contributed by atoms with E-state index in [1.54, 1.807) is 18.2 Å². The van der Waals surface area contributed by atoms with Crippen LogP contribution in [0.5, 0.6) is 0 Å². The summed E-state index contributed by atoms with van der Waals surface area (Å²) in [6.07, 6.45) is 1.18. The Labute approximate surface area is 123 Å². The predicted molar refractivity (Wildman–Crippen MR) is 77.2 cm³/mol. The standard InChI is InChI=1S/C16H20F2N2O/c1-3-14-13(10-21)15(4-2)20(19-14)11-16(17,18)12-8-6-5-7-9-12/h5-9,21H,3-4,10-11H2,1-2H3. The summed E-state index contributed by atoms with van der Waals surface area (Å²) in [5.74, 6) is -2.99. The second-order valence-electron chi connectivity index (χ2n) is 4.97. The number of nitrogens with zero attached hydrogens (tertiary/aromatic N) is 2. The smallest absolute Gasteiger partial charge is 0.292 e. The van der Waals surface area contributed by atoms with Crippen LogP contribution in [0, 0.1) is 0 Å². The lowest BCUT2D eigenvalue weighted by Gasteiger charge is -2.18. The van der Waals surface area contributed by atoms with Crippen molar-refractivity contribution in [3.8, 4) is 0 Å². The third-order valence-corrected chi connectivity index (χ3v) is 3.62. The van der Waals surface area contributed by atoms with Crippen molar-refractivity contribution in [3.05, 3.63) is 52.8 Å². The van der Waals surface area contributed by atoms with Gasteiger partial charge in [0.2, 0.25) is 0 Å². The van der Waals surface area contributed by atoms with Crippen molar-refractivity contribution in [1.29, 1.82) is 0 Å². The van der Waals surface area contributed by atoms with Gasteiger partial charge in [0.15, 0.2) is 0 Å². The van der Waals surface area contributed by atoms with Gasteiger partial charge in [-0.05, 0) is 12.8 Å². The number of hydrogen-bond donors (Lipinski definition) is 1. The summed E-state index contributed by atoms with van der Waals surface area (Å²) in [5.41, 5.74) is 2.04. The maximum Gasteiger partial charge on any atom is 0.292 e. The van der Waals surface area contributed by atoms with Crippen LogP contribution >= 0.6 is 0 Å². The monoisotopic (exact) mass is 294 g/mol. The van der Waals surface area contributed by atoms with E-state index in [0.29, 0.717) is 29.8 Å². The Kier molecular flexibility index (Phi) is 4.73. The molecule has 0 aliphatic rings. The molecule has 5 heteroatoms. The lowest BCUT2D eigenvalue weighted by molar-refractivity contribution is -0.0262. The van der Waals surface area contributed by atoms with Gasteiger partial charge in [0, 0.05) is 16.8 Å². The van der Waals surface area contributed by atoms with Gasteiger partial charge in [0.25, 0.3) is 5.92 Å². The van der Waals surface area contributed by atoms with E-state index < -0.39 is 12.5 Å². The Morgan fingerprint density at radius 2 is 1.81 bits per heavy atom. The first kappa shape index (κ1) is 15.6. The normalized spacial score (nSPS) is 11.9. The molecule has 0 saturated carbocycles. The largest absolute Gasteiger partial charge is 0.392 e. The van der Waals surface area contributed by atoms with E-state index in [4.69, 9.17) is 0 Å². The molecule has 3 nitrogen and oxygen atoms in total. The van der Waals surface area contributed by atoms with Crippen molar-refractivity contribution in [1.82, 2.24) is 9.78 Å². The first-order valence-corrected chi connectivity index (χ1v) is 7.15. The van der Waals surface area contributed by atoms with Gasteiger partial charge in [-0.25, -0.2) is 0 Å². The molecule has 1 aromatic carbocycles. The fourth-order valence-corrected chi connectivity index (χ4v) is 2.54. The topological polar surface area (TPSA) is 38.0 Å². The summed E-state index contributed by atoms with van der Waals surface area (Å²) in [6, 6.07) is 7.75. The van der Waals surface area contributed by atoms with Gasteiger partial charge >= 0.3 is 0 Å². The molecule has 0 fully saturated rings. The van der Waals surface area contributed by atoms with Crippen molar-refractivity contribution in [2.24, 2.45) is 0 Å². The van der Waals surface area contributed by atoms with Crippen LogP contribution in [0.4, 0.5) is 8.78 Å². The SMILES string of the molecule is CCc1nn(CC(F)(F)c2ccccc2)c(CC)c1CO. The number of hydrogen-bond acceptors (Lipinski definition) is 2. The van der Waals surface area contributed by atoms with E-state index in [0.717, 1.165) is 0 Å². The highest BCUT2D eigenvalue weighted by Crippen LogP contribution is 2.31. The Morgan fingerprint density at radius 1 is 1.14 bits per heavy atom. The van der Waals surface area contributed by atoms with Crippen LogP contribution in [0.15, 0.2) is 30.3 Å². The summed E-state index contributed by atoms with van der Waals surface area (Å²) < 4.78 is 30.1. The zero-order chi connectivity index (χ0) is 15.5. The average Bonchev–Trinajstić information content (AvgIpc) is 2.84. The summed E-state index contributed by atoms with van der Waals surface area (Å²) in [7, 11) is 0. The number of aliphatic hydroxyl groups excluding tert-OH is 1. The fraction of sp³-hybridized carbons (Fsp3) is 0.438. The quantitative estimate of drug-likeness (QED) is 0.887. The number of alkyl halides is 2. The molecular formula is C16H20F2N2O. The van der Waals surface area contributed by atoms with E-state index in [1.165, 1.54) is 16.8 Å². The highest BCUT2D eigenvalue weighted by molar-refractivity contribution is 5.27. The van der Waals surface area contributed by atoms with Gasteiger partial charge in [-0.3, -0.25) is 4.68 Å². The third kappa shape index (κ3) is 3.13. The van der Waals surface area contributed by atoms with Gasteiger partial charge in [-0.2, -0.15) is 13.9 Å². The van der Waals surface area contributed by atoms with Crippen molar-refractivity contribution in [3.63, 3.8) is 0 Å². The number of aliphatic hydroxyl groups is 1. The zero-order valence-corrected chi connectivity index (χ0v) is 12.3. The molecule has 21 heavy (non-hydrogen) atoms. The summed E-state index contributed by atoms with van der Waals surface area (Å²) >= 11 is 0. The first-order chi connectivity index (χ1) is 10.0. The molecule has 0 saturated heterocycles. The fourth-order valence-electron chi connectivity index (χ4n) is 2.54. The molecule has 2 aromatic rings. The minimum Gasteiger partial charge on any atom is -0.392 e. The molecule has 1 aromatic heterocycles. The molecule has 0 atom stereocenters. The molecule has 0 bridgehead atoms. The number of rotatable bonds is 6. The zero-order valence-electron chi connectivity index (χ0n) is 12.3. The third-order valence-electron chi connectivity index (χ3n) is 3.62. The number of benzene rings is 1. The Bertz CT molecular complexity index is 594. The average molecular weight is 294 g/mol. The molecule has 0 radical (unpaired) electrons. The maximum absolute atomic E-state index is 14.4. The summed E-state index contributed by atoms with van der Waals surface area (Å²) in [5, 5.41) is 13.7. The van der Waals surface area contributed by atoms with E-state index in [1.807, 2.05) is 13.8 Å². The summed E-state index contributed by atoms with van der Waals surface area (Å²) in [4.78, 5) is 0. The molecule has 0 aliphatic carbocycles. The number of aromatic nitrogens is 2. The van der Waals surface area contributed by atoms with Crippen LogP contribution in [0.2, 0.25) is 0 Å². The molecule has 0 aliphatic heterocycles. The van der Waals surface area contributed by atoms with Crippen LogP contribution in [0.25, 0.3) is 0 Å². The Hall–Kier alpha value is -1.75. The van der Waals surface area contributed by atoms with Gasteiger partial charge < -0.3 is 5.11 Å².